The van der Waals surface area contributed by atoms with E-state index in [1.807, 2.05) is 0 Å². The van der Waals surface area contributed by atoms with Crippen molar-refractivity contribution in [1.29, 1.82) is 0 Å². The molecule has 1 saturated carbocycles. The van der Waals surface area contributed by atoms with Crippen molar-refractivity contribution >= 4 is 18.5 Å². The van der Waals surface area contributed by atoms with Crippen LogP contribution in [0.4, 0.5) is 4.39 Å². The summed E-state index contributed by atoms with van der Waals surface area (Å²) in [6, 6.07) is 4.48. The summed E-state index contributed by atoms with van der Waals surface area (Å²) in [5, 5.41) is 3.00. The third-order valence-electron chi connectivity index (χ3n) is 3.39. The molecule has 2 nitrogen and oxygen atoms in total. The normalized spacial score (nSPS) is 23.7. The summed E-state index contributed by atoms with van der Waals surface area (Å²) in [5.74, 6) is -0.0203. The number of hydrogen-bond acceptors (Lipinski definition) is 2. The van der Waals surface area contributed by atoms with E-state index in [4.69, 9.17) is 0 Å². The van der Waals surface area contributed by atoms with Gasteiger partial charge in [-0.05, 0) is 37.0 Å². The van der Waals surface area contributed by atoms with E-state index < -0.39 is 5.82 Å². The first-order valence-corrected chi connectivity index (χ1v) is 6.32. The molecule has 1 aromatic rings. The highest BCUT2D eigenvalue weighted by molar-refractivity contribution is 7.80. The average Bonchev–Trinajstić information content (AvgIpc) is 2.68. The molecule has 1 aliphatic carbocycles. The number of amides is 1. The Labute approximate surface area is 106 Å². The Morgan fingerprint density at radius 1 is 1.47 bits per heavy atom. The van der Waals surface area contributed by atoms with Crippen molar-refractivity contribution in [2.24, 2.45) is 5.92 Å². The molecule has 92 valence electrons. The van der Waals surface area contributed by atoms with Crippen molar-refractivity contribution in [3.05, 3.63) is 29.6 Å². The molecule has 1 aliphatic rings. The summed E-state index contributed by atoms with van der Waals surface area (Å²) in [4.78, 5) is 12.1. The Balaban J connectivity index is 2.06. The summed E-state index contributed by atoms with van der Waals surface area (Å²) in [6.07, 6.45) is 3.35. The number of carbonyl (C=O) groups is 1. The molecule has 0 radical (unpaired) electrons. The van der Waals surface area contributed by atoms with Gasteiger partial charge in [-0.15, -0.1) is 12.6 Å². The SMILES string of the molecule is CC1CCCC1NC(=O)c1ccc(F)c(S)c1. The molecule has 0 bridgehead atoms. The molecule has 1 amide bonds. The van der Waals surface area contributed by atoms with Gasteiger partial charge in [-0.1, -0.05) is 13.3 Å². The monoisotopic (exact) mass is 253 g/mol. The topological polar surface area (TPSA) is 29.1 Å². The predicted octanol–water partition coefficient (Wildman–Crippen LogP) is 3.03. The maximum Gasteiger partial charge on any atom is 0.251 e. The molecule has 2 atom stereocenters. The van der Waals surface area contributed by atoms with Crippen molar-refractivity contribution in [2.45, 2.75) is 37.1 Å². The highest BCUT2D eigenvalue weighted by Crippen LogP contribution is 2.25. The molecule has 0 heterocycles. The molecule has 0 aliphatic heterocycles. The van der Waals surface area contributed by atoms with Crippen LogP contribution in [0.1, 0.15) is 36.5 Å². The Hall–Kier alpha value is -1.03. The molecule has 2 unspecified atom stereocenters. The molecule has 17 heavy (non-hydrogen) atoms. The zero-order valence-corrected chi connectivity index (χ0v) is 10.6. The van der Waals surface area contributed by atoms with Crippen LogP contribution in [-0.2, 0) is 0 Å². The van der Waals surface area contributed by atoms with Gasteiger partial charge in [0.05, 0.1) is 0 Å². The number of thiol groups is 1. The summed E-state index contributed by atoms with van der Waals surface area (Å²) >= 11 is 3.97. The zero-order valence-electron chi connectivity index (χ0n) is 9.74. The van der Waals surface area contributed by atoms with E-state index in [1.165, 1.54) is 18.2 Å². The molecule has 4 heteroatoms. The number of carbonyl (C=O) groups excluding carboxylic acids is 1. The van der Waals surface area contributed by atoms with Crippen molar-refractivity contribution in [3.63, 3.8) is 0 Å². The maximum absolute atomic E-state index is 13.0. The Kier molecular flexibility index (Phi) is 3.72. The van der Waals surface area contributed by atoms with Crippen LogP contribution in [0, 0.1) is 11.7 Å². The fourth-order valence-electron chi connectivity index (χ4n) is 2.27. The van der Waals surface area contributed by atoms with Crippen LogP contribution in [-0.4, -0.2) is 11.9 Å². The number of rotatable bonds is 2. The third-order valence-corrected chi connectivity index (χ3v) is 3.73. The molecule has 2 rings (SSSR count). The molecular weight excluding hydrogens is 237 g/mol. The highest BCUT2D eigenvalue weighted by Gasteiger charge is 2.25. The van der Waals surface area contributed by atoms with E-state index in [1.54, 1.807) is 0 Å². The van der Waals surface area contributed by atoms with Crippen LogP contribution >= 0.6 is 12.6 Å². The van der Waals surface area contributed by atoms with Crippen LogP contribution in [0.2, 0.25) is 0 Å². The summed E-state index contributed by atoms with van der Waals surface area (Å²) in [6.45, 7) is 2.15. The van der Waals surface area contributed by atoms with E-state index >= 15 is 0 Å². The lowest BCUT2D eigenvalue weighted by molar-refractivity contribution is 0.0929. The van der Waals surface area contributed by atoms with Gasteiger partial charge in [-0.25, -0.2) is 4.39 Å². The second-order valence-corrected chi connectivity index (χ2v) is 5.14. The summed E-state index contributed by atoms with van der Waals surface area (Å²) < 4.78 is 13.0. The Morgan fingerprint density at radius 3 is 2.82 bits per heavy atom. The quantitative estimate of drug-likeness (QED) is 0.779. The van der Waals surface area contributed by atoms with Gasteiger partial charge in [-0.2, -0.15) is 0 Å². The highest BCUT2D eigenvalue weighted by atomic mass is 32.1. The number of halogens is 1. The smallest absolute Gasteiger partial charge is 0.251 e. The van der Waals surface area contributed by atoms with Gasteiger partial charge in [0.15, 0.2) is 0 Å². The predicted molar refractivity (Wildman–Crippen MR) is 67.9 cm³/mol. The molecule has 1 aromatic carbocycles. The number of hydrogen-bond donors (Lipinski definition) is 2. The van der Waals surface area contributed by atoms with Crippen molar-refractivity contribution in [3.8, 4) is 0 Å². The van der Waals surface area contributed by atoms with Gasteiger partial charge in [0.25, 0.3) is 5.91 Å². The van der Waals surface area contributed by atoms with Crippen LogP contribution in [0.25, 0.3) is 0 Å². The van der Waals surface area contributed by atoms with E-state index in [9.17, 15) is 9.18 Å². The average molecular weight is 253 g/mol. The van der Waals surface area contributed by atoms with Crippen LogP contribution < -0.4 is 5.32 Å². The summed E-state index contributed by atoms with van der Waals surface area (Å²) in [5.41, 5.74) is 0.468. The Morgan fingerprint density at radius 2 is 2.24 bits per heavy atom. The first-order chi connectivity index (χ1) is 8.08. The van der Waals surface area contributed by atoms with E-state index in [0.717, 1.165) is 19.3 Å². The molecule has 0 aromatic heterocycles. The first kappa shape index (κ1) is 12.4. The lowest BCUT2D eigenvalue weighted by atomic mass is 10.1. The third kappa shape index (κ3) is 2.80. The van der Waals surface area contributed by atoms with Crippen LogP contribution in [0.5, 0.6) is 0 Å². The maximum atomic E-state index is 13.0. The van der Waals surface area contributed by atoms with E-state index in [2.05, 4.69) is 24.9 Å². The fourth-order valence-corrected chi connectivity index (χ4v) is 2.48. The van der Waals surface area contributed by atoms with Gasteiger partial charge in [0, 0.05) is 16.5 Å². The van der Waals surface area contributed by atoms with Crippen LogP contribution in [0.15, 0.2) is 23.1 Å². The number of nitrogens with one attached hydrogen (secondary N) is 1. The Bertz CT molecular complexity index is 435. The van der Waals surface area contributed by atoms with E-state index in [0.29, 0.717) is 11.5 Å². The molecule has 0 spiro atoms. The standard InChI is InChI=1S/C13H16FNOS/c1-8-3-2-4-11(8)15-13(16)9-5-6-10(14)12(17)7-9/h5-8,11,17H,2-4H2,1H3,(H,15,16). The van der Waals surface area contributed by atoms with Crippen molar-refractivity contribution < 1.29 is 9.18 Å². The molecule has 1 fully saturated rings. The van der Waals surface area contributed by atoms with Gasteiger partial charge in [-0.3, -0.25) is 4.79 Å². The van der Waals surface area contributed by atoms with Gasteiger partial charge >= 0.3 is 0 Å². The van der Waals surface area contributed by atoms with Crippen molar-refractivity contribution in [1.82, 2.24) is 5.32 Å². The fraction of sp³-hybridized carbons (Fsp3) is 0.462. The van der Waals surface area contributed by atoms with Gasteiger partial charge < -0.3 is 5.32 Å². The van der Waals surface area contributed by atoms with E-state index in [-0.39, 0.29) is 16.8 Å². The first-order valence-electron chi connectivity index (χ1n) is 5.87. The minimum Gasteiger partial charge on any atom is -0.349 e. The lowest BCUT2D eigenvalue weighted by Crippen LogP contribution is -2.36. The van der Waals surface area contributed by atoms with Gasteiger partial charge in [0.2, 0.25) is 0 Å². The van der Waals surface area contributed by atoms with Crippen LogP contribution in [0.3, 0.4) is 0 Å². The summed E-state index contributed by atoms with van der Waals surface area (Å²) in [7, 11) is 0. The second kappa shape index (κ2) is 5.08. The van der Waals surface area contributed by atoms with Crippen molar-refractivity contribution in [2.75, 3.05) is 0 Å². The second-order valence-electron chi connectivity index (χ2n) is 4.65. The molecule has 1 N–H and O–H groups in total. The zero-order chi connectivity index (χ0) is 12.4. The minimum atomic E-state index is -0.404. The minimum absolute atomic E-state index is 0.140. The molecular formula is C13H16FNOS. The number of benzene rings is 1. The van der Waals surface area contributed by atoms with Gasteiger partial charge in [0.1, 0.15) is 5.82 Å². The largest absolute Gasteiger partial charge is 0.349 e. The lowest BCUT2D eigenvalue weighted by Gasteiger charge is -2.17. The molecule has 0 saturated heterocycles.